The summed E-state index contributed by atoms with van der Waals surface area (Å²) >= 11 is 0. The average molecular weight is 374 g/mol. The lowest BCUT2D eigenvalue weighted by Crippen LogP contribution is -2.24. The number of hydrogen-bond acceptors (Lipinski definition) is 4. The van der Waals surface area contributed by atoms with Crippen molar-refractivity contribution in [2.45, 2.75) is 33.7 Å². The van der Waals surface area contributed by atoms with Gasteiger partial charge >= 0.3 is 0 Å². The Labute approximate surface area is 162 Å². The summed E-state index contributed by atoms with van der Waals surface area (Å²) in [6, 6.07) is 11.9. The van der Waals surface area contributed by atoms with Gasteiger partial charge in [-0.1, -0.05) is 23.8 Å². The number of aromatic nitrogens is 5. The number of carbonyl (C=O) groups is 1. The first-order valence-electron chi connectivity index (χ1n) is 9.18. The van der Waals surface area contributed by atoms with Gasteiger partial charge in [0, 0.05) is 17.6 Å². The number of carbonyl (C=O) groups excluding carboxylic acids is 1. The van der Waals surface area contributed by atoms with E-state index in [-0.39, 0.29) is 5.91 Å². The molecule has 2 heterocycles. The van der Waals surface area contributed by atoms with Gasteiger partial charge in [0.1, 0.15) is 6.33 Å². The van der Waals surface area contributed by atoms with Crippen molar-refractivity contribution in [2.75, 3.05) is 0 Å². The van der Waals surface area contributed by atoms with Crippen molar-refractivity contribution in [1.29, 1.82) is 0 Å². The molecule has 0 fully saturated rings. The average Bonchev–Trinajstić information content (AvgIpc) is 3.31. The van der Waals surface area contributed by atoms with Crippen LogP contribution in [0, 0.1) is 20.8 Å². The van der Waals surface area contributed by atoms with Gasteiger partial charge in [0.05, 0.1) is 17.6 Å². The van der Waals surface area contributed by atoms with Crippen LogP contribution >= 0.6 is 0 Å². The molecule has 0 spiro atoms. The van der Waals surface area contributed by atoms with E-state index in [0.29, 0.717) is 13.0 Å². The van der Waals surface area contributed by atoms with Gasteiger partial charge in [0.25, 0.3) is 0 Å². The maximum Gasteiger partial charge on any atom is 0.224 e. The summed E-state index contributed by atoms with van der Waals surface area (Å²) in [6.45, 7) is 6.78. The summed E-state index contributed by atoms with van der Waals surface area (Å²) in [5, 5.41) is 15.4. The summed E-state index contributed by atoms with van der Waals surface area (Å²) in [5.41, 5.74) is 7.62. The van der Waals surface area contributed by atoms with E-state index in [0.717, 1.165) is 28.0 Å². The molecule has 2 N–H and O–H groups in total. The Kier molecular flexibility index (Phi) is 4.65. The Morgan fingerprint density at radius 3 is 2.64 bits per heavy atom. The van der Waals surface area contributed by atoms with Gasteiger partial charge < -0.3 is 10.3 Å². The Balaban J connectivity index is 1.44. The van der Waals surface area contributed by atoms with Crippen LogP contribution in [0.25, 0.3) is 16.6 Å². The molecule has 142 valence electrons. The van der Waals surface area contributed by atoms with E-state index >= 15 is 0 Å². The Morgan fingerprint density at radius 1 is 1.14 bits per heavy atom. The van der Waals surface area contributed by atoms with E-state index in [9.17, 15) is 4.79 Å². The van der Waals surface area contributed by atoms with Crippen LogP contribution in [-0.2, 0) is 17.8 Å². The number of rotatable bonds is 5. The van der Waals surface area contributed by atoms with Gasteiger partial charge in [0.15, 0.2) is 0 Å². The number of aromatic amines is 1. The third-order valence-electron chi connectivity index (χ3n) is 5.03. The topological polar surface area (TPSA) is 88.5 Å². The van der Waals surface area contributed by atoms with Crippen molar-refractivity contribution >= 4 is 16.8 Å². The van der Waals surface area contributed by atoms with E-state index in [4.69, 9.17) is 0 Å². The maximum absolute atomic E-state index is 12.4. The van der Waals surface area contributed by atoms with Crippen LogP contribution in [0.2, 0.25) is 0 Å². The normalized spacial score (nSPS) is 11.1. The summed E-state index contributed by atoms with van der Waals surface area (Å²) in [7, 11) is 0. The molecule has 4 aromatic rings. The molecule has 1 amide bonds. The molecule has 4 rings (SSSR count). The summed E-state index contributed by atoms with van der Waals surface area (Å²) in [6.07, 6.45) is 1.86. The lowest BCUT2D eigenvalue weighted by Gasteiger charge is -2.09. The van der Waals surface area contributed by atoms with Gasteiger partial charge in [-0.25, -0.2) is 4.68 Å². The highest BCUT2D eigenvalue weighted by Gasteiger charge is 2.11. The molecule has 0 bridgehead atoms. The predicted octanol–water partition coefficient (Wildman–Crippen LogP) is 2.93. The molecule has 7 nitrogen and oxygen atoms in total. The van der Waals surface area contributed by atoms with Gasteiger partial charge in [-0.2, -0.15) is 0 Å². The van der Waals surface area contributed by atoms with Crippen molar-refractivity contribution < 1.29 is 4.79 Å². The molecule has 28 heavy (non-hydrogen) atoms. The number of nitrogens with one attached hydrogen (secondary N) is 2. The first kappa shape index (κ1) is 17.9. The molecule has 0 radical (unpaired) electrons. The lowest BCUT2D eigenvalue weighted by atomic mass is 10.0. The molecule has 2 aromatic heterocycles. The minimum absolute atomic E-state index is 0.00942. The fourth-order valence-corrected chi connectivity index (χ4v) is 3.42. The smallest absolute Gasteiger partial charge is 0.224 e. The van der Waals surface area contributed by atoms with E-state index in [1.807, 2.05) is 24.3 Å². The van der Waals surface area contributed by atoms with Crippen molar-refractivity contribution in [3.63, 3.8) is 0 Å². The van der Waals surface area contributed by atoms with Crippen LogP contribution in [0.3, 0.4) is 0 Å². The van der Waals surface area contributed by atoms with Crippen LogP contribution in [0.4, 0.5) is 0 Å². The fourth-order valence-electron chi connectivity index (χ4n) is 3.42. The maximum atomic E-state index is 12.4. The van der Waals surface area contributed by atoms with Crippen molar-refractivity contribution in [3.8, 4) is 5.69 Å². The molecule has 2 aromatic carbocycles. The zero-order valence-corrected chi connectivity index (χ0v) is 16.2. The second kappa shape index (κ2) is 7.26. The Morgan fingerprint density at radius 2 is 1.93 bits per heavy atom. The third kappa shape index (κ3) is 3.51. The predicted molar refractivity (Wildman–Crippen MR) is 107 cm³/mol. The van der Waals surface area contributed by atoms with Gasteiger partial charge in [-0.3, -0.25) is 4.79 Å². The van der Waals surface area contributed by atoms with Crippen LogP contribution in [0.5, 0.6) is 0 Å². The largest absolute Gasteiger partial charge is 0.358 e. The van der Waals surface area contributed by atoms with E-state index in [1.54, 1.807) is 4.68 Å². The number of aryl methyl sites for hydroxylation is 3. The molecular formula is C21H22N6O. The number of amides is 1. The highest BCUT2D eigenvalue weighted by molar-refractivity contribution is 5.88. The minimum atomic E-state index is -0.00942. The van der Waals surface area contributed by atoms with Crippen LogP contribution < -0.4 is 5.32 Å². The van der Waals surface area contributed by atoms with Gasteiger partial charge in [-0.15, -0.1) is 5.10 Å². The molecule has 0 unspecified atom stereocenters. The zero-order valence-electron chi connectivity index (χ0n) is 16.2. The first-order valence-corrected chi connectivity index (χ1v) is 9.18. The molecule has 0 aliphatic heterocycles. The first-order chi connectivity index (χ1) is 13.5. The number of tetrazole rings is 1. The summed E-state index contributed by atoms with van der Waals surface area (Å²) in [5.74, 6) is -0.00942. The van der Waals surface area contributed by atoms with Crippen LogP contribution in [0.15, 0.2) is 42.7 Å². The third-order valence-corrected chi connectivity index (χ3v) is 5.03. The quantitative estimate of drug-likeness (QED) is 0.562. The van der Waals surface area contributed by atoms with Crippen molar-refractivity contribution in [1.82, 2.24) is 30.5 Å². The standard InChI is InChI=1S/C21H22N6O/c1-13-8-17(21-19(9-13)14(2)15(3)24-21)11-22-20(28)10-16-4-6-18(7-5-16)27-12-23-25-26-27/h4-9,12,24H,10-11H2,1-3H3,(H,22,28). The number of benzene rings is 2. The Hall–Kier alpha value is -3.48. The lowest BCUT2D eigenvalue weighted by molar-refractivity contribution is -0.120. The van der Waals surface area contributed by atoms with Crippen molar-refractivity contribution in [2.24, 2.45) is 0 Å². The molecule has 0 aliphatic carbocycles. The van der Waals surface area contributed by atoms with Crippen LogP contribution in [0.1, 0.15) is 27.9 Å². The SMILES string of the molecule is Cc1cc(CNC(=O)Cc2ccc(-n3cnnn3)cc2)c2[nH]c(C)c(C)c2c1. The second-order valence-electron chi connectivity index (χ2n) is 7.10. The molecule has 7 heteroatoms. The molecule has 0 aliphatic rings. The molecular weight excluding hydrogens is 352 g/mol. The number of hydrogen-bond donors (Lipinski definition) is 2. The molecule has 0 atom stereocenters. The highest BCUT2D eigenvalue weighted by Crippen LogP contribution is 2.26. The Bertz CT molecular complexity index is 1130. The molecule has 0 saturated heterocycles. The van der Waals surface area contributed by atoms with E-state index in [2.05, 4.69) is 58.7 Å². The number of fused-ring (bicyclic) bond motifs is 1. The van der Waals surface area contributed by atoms with Crippen LogP contribution in [-0.4, -0.2) is 31.1 Å². The minimum Gasteiger partial charge on any atom is -0.358 e. The summed E-state index contributed by atoms with van der Waals surface area (Å²) < 4.78 is 1.58. The monoisotopic (exact) mass is 374 g/mol. The van der Waals surface area contributed by atoms with E-state index < -0.39 is 0 Å². The fraction of sp³-hybridized carbons (Fsp3) is 0.238. The molecule has 0 saturated carbocycles. The van der Waals surface area contributed by atoms with Gasteiger partial charge in [-0.05, 0) is 66.1 Å². The summed E-state index contributed by atoms with van der Waals surface area (Å²) in [4.78, 5) is 15.9. The van der Waals surface area contributed by atoms with Gasteiger partial charge in [0.2, 0.25) is 5.91 Å². The number of nitrogens with zero attached hydrogens (tertiary/aromatic N) is 4. The van der Waals surface area contributed by atoms with E-state index in [1.165, 1.54) is 22.8 Å². The zero-order chi connectivity index (χ0) is 19.7. The highest BCUT2D eigenvalue weighted by atomic mass is 16.1. The second-order valence-corrected chi connectivity index (χ2v) is 7.10. The van der Waals surface area contributed by atoms with Crippen molar-refractivity contribution in [3.05, 3.63) is 70.7 Å². The number of H-pyrrole nitrogens is 1.